The Balaban J connectivity index is 1.58. The zero-order valence-corrected chi connectivity index (χ0v) is 16.6. The van der Waals surface area contributed by atoms with Crippen LogP contribution in [-0.2, 0) is 19.9 Å². The number of nitrogens with one attached hydrogen (secondary N) is 2. The molecule has 0 atom stereocenters. The summed E-state index contributed by atoms with van der Waals surface area (Å²) in [4.78, 5) is 32.5. The van der Waals surface area contributed by atoms with Crippen LogP contribution in [-0.4, -0.2) is 27.6 Å². The molecule has 0 aliphatic heterocycles. The number of imidazole rings is 1. The van der Waals surface area contributed by atoms with Crippen LogP contribution >= 0.6 is 0 Å². The van der Waals surface area contributed by atoms with Gasteiger partial charge in [-0.3, -0.25) is 14.9 Å². The second kappa shape index (κ2) is 7.95. The molecule has 1 aliphatic carbocycles. The van der Waals surface area contributed by atoms with Gasteiger partial charge in [-0.15, -0.1) is 0 Å². The molecule has 29 heavy (non-hydrogen) atoms. The van der Waals surface area contributed by atoms with Crippen LogP contribution in [0.2, 0.25) is 0 Å². The average Bonchev–Trinajstić information content (AvgIpc) is 2.94. The number of aromatic amines is 1. The smallest absolute Gasteiger partial charge is 0.263 e. The number of carbonyl (C=O) groups excluding carboxylic acids is 1. The van der Waals surface area contributed by atoms with Crippen LogP contribution in [0.4, 0.5) is 5.95 Å². The summed E-state index contributed by atoms with van der Waals surface area (Å²) in [5.74, 6) is 0.704. The number of H-pyrrole nitrogens is 1. The van der Waals surface area contributed by atoms with E-state index < -0.39 is 5.91 Å². The first-order chi connectivity index (χ1) is 14.1. The summed E-state index contributed by atoms with van der Waals surface area (Å²) in [6, 6.07) is 9.34. The molecule has 0 saturated carbocycles. The maximum Gasteiger partial charge on any atom is 0.263 e. The molecule has 2 aromatic heterocycles. The Morgan fingerprint density at radius 1 is 1.17 bits per heavy atom. The van der Waals surface area contributed by atoms with Crippen molar-refractivity contribution in [3.8, 4) is 17.0 Å². The summed E-state index contributed by atoms with van der Waals surface area (Å²) in [7, 11) is 3.44. The Bertz CT molecular complexity index is 1100. The van der Waals surface area contributed by atoms with Crippen LogP contribution in [0.5, 0.6) is 5.75 Å². The molecule has 0 saturated heterocycles. The number of benzene rings is 1. The summed E-state index contributed by atoms with van der Waals surface area (Å²) in [5, 5.41) is 2.77. The van der Waals surface area contributed by atoms with Crippen LogP contribution in [0.3, 0.4) is 0 Å². The first-order valence-electron chi connectivity index (χ1n) is 9.79. The number of carbonyl (C=O) groups is 1. The highest BCUT2D eigenvalue weighted by Gasteiger charge is 2.18. The highest BCUT2D eigenvalue weighted by Crippen LogP contribution is 2.24. The third-order valence-corrected chi connectivity index (χ3v) is 5.43. The van der Waals surface area contributed by atoms with Gasteiger partial charge in [0.15, 0.2) is 0 Å². The molecule has 4 rings (SSSR count). The van der Waals surface area contributed by atoms with Crippen molar-refractivity contribution in [1.82, 2.24) is 14.5 Å². The van der Waals surface area contributed by atoms with E-state index in [2.05, 4.69) is 15.3 Å². The average molecular weight is 392 g/mol. The normalized spacial score (nSPS) is 13.4. The molecule has 0 bridgehead atoms. The summed E-state index contributed by atoms with van der Waals surface area (Å²) in [6.45, 7) is 0. The van der Waals surface area contributed by atoms with Gasteiger partial charge in [-0.2, -0.15) is 0 Å². The predicted octanol–water partition coefficient (Wildman–Crippen LogP) is 3.31. The maximum atomic E-state index is 12.8. The number of hydrogen-bond donors (Lipinski definition) is 2. The number of aryl methyl sites for hydroxylation is 2. The van der Waals surface area contributed by atoms with Crippen molar-refractivity contribution in [2.24, 2.45) is 7.05 Å². The number of nitrogens with zero attached hydrogens (tertiary/aromatic N) is 2. The van der Waals surface area contributed by atoms with E-state index in [0.29, 0.717) is 5.95 Å². The van der Waals surface area contributed by atoms with Gasteiger partial charge in [-0.05, 0) is 61.6 Å². The number of ether oxygens (including phenoxy) is 1. The molecule has 1 aliphatic rings. The molecule has 0 fully saturated rings. The predicted molar refractivity (Wildman–Crippen MR) is 111 cm³/mol. The molecule has 0 unspecified atom stereocenters. The molecule has 2 heterocycles. The largest absolute Gasteiger partial charge is 0.497 e. The Kier molecular flexibility index (Phi) is 5.20. The molecule has 7 heteroatoms. The van der Waals surface area contributed by atoms with Gasteiger partial charge in [0.05, 0.1) is 19.0 Å². The van der Waals surface area contributed by atoms with E-state index in [4.69, 9.17) is 4.74 Å². The number of aromatic nitrogens is 3. The van der Waals surface area contributed by atoms with Crippen molar-refractivity contribution in [2.75, 3.05) is 12.4 Å². The first kappa shape index (κ1) is 19.0. The van der Waals surface area contributed by atoms with Crippen LogP contribution < -0.4 is 15.6 Å². The summed E-state index contributed by atoms with van der Waals surface area (Å²) >= 11 is 0. The second-order valence-corrected chi connectivity index (χ2v) is 7.29. The van der Waals surface area contributed by atoms with Crippen LogP contribution in [0.1, 0.15) is 40.9 Å². The molecular formula is C22H24N4O3. The Morgan fingerprint density at radius 3 is 2.69 bits per heavy atom. The Hall–Kier alpha value is -3.35. The standard InChI is InChI=1S/C22H24N4O3/c1-26-19(14-8-10-16(29-2)11-9-14)13-23-22(26)25-21(28)17-12-15-6-4-3-5-7-18(15)24-20(17)27/h8-13H,3-7H2,1-2H3,(H,24,27)(H,23,25,28). The lowest BCUT2D eigenvalue weighted by atomic mass is 10.1. The zero-order valence-electron chi connectivity index (χ0n) is 16.6. The third kappa shape index (κ3) is 3.81. The molecular weight excluding hydrogens is 368 g/mol. The number of fused-ring (bicyclic) bond motifs is 1. The summed E-state index contributed by atoms with van der Waals surface area (Å²) in [5.41, 5.74) is 3.59. The SMILES string of the molecule is COc1ccc(-c2cnc(NC(=O)c3cc4c([nH]c3=O)CCCCC4)n2C)cc1. The van der Waals surface area contributed by atoms with Crippen LogP contribution in [0.15, 0.2) is 41.3 Å². The second-order valence-electron chi connectivity index (χ2n) is 7.29. The van der Waals surface area contributed by atoms with Gasteiger partial charge in [-0.25, -0.2) is 4.98 Å². The summed E-state index contributed by atoms with van der Waals surface area (Å²) in [6.07, 6.45) is 6.71. The van der Waals surface area contributed by atoms with Crippen LogP contribution in [0.25, 0.3) is 11.3 Å². The molecule has 0 radical (unpaired) electrons. The topological polar surface area (TPSA) is 89.0 Å². The molecule has 1 aromatic carbocycles. The minimum absolute atomic E-state index is 0.125. The number of anilines is 1. The molecule has 2 N–H and O–H groups in total. The number of methoxy groups -OCH3 is 1. The fraction of sp³-hybridized carbons (Fsp3) is 0.318. The zero-order chi connectivity index (χ0) is 20.4. The van der Waals surface area contributed by atoms with Crippen molar-refractivity contribution >= 4 is 11.9 Å². The number of rotatable bonds is 4. The lowest BCUT2D eigenvalue weighted by Crippen LogP contribution is -2.26. The highest BCUT2D eigenvalue weighted by atomic mass is 16.5. The molecule has 7 nitrogen and oxygen atoms in total. The quantitative estimate of drug-likeness (QED) is 0.667. The van der Waals surface area contributed by atoms with Gasteiger partial charge < -0.3 is 14.3 Å². The fourth-order valence-corrected chi connectivity index (χ4v) is 3.74. The molecule has 0 spiro atoms. The van der Waals surface area contributed by atoms with E-state index in [-0.39, 0.29) is 11.1 Å². The lowest BCUT2D eigenvalue weighted by Gasteiger charge is -2.10. The minimum atomic E-state index is -0.451. The first-order valence-corrected chi connectivity index (χ1v) is 9.79. The van der Waals surface area contributed by atoms with E-state index >= 15 is 0 Å². The van der Waals surface area contributed by atoms with E-state index in [1.54, 1.807) is 23.9 Å². The molecule has 1 amide bonds. The summed E-state index contributed by atoms with van der Waals surface area (Å²) < 4.78 is 6.98. The van der Waals surface area contributed by atoms with Gasteiger partial charge in [0.25, 0.3) is 11.5 Å². The lowest BCUT2D eigenvalue weighted by molar-refractivity contribution is 0.102. The fourth-order valence-electron chi connectivity index (χ4n) is 3.74. The highest BCUT2D eigenvalue weighted by molar-refractivity contribution is 6.03. The monoisotopic (exact) mass is 392 g/mol. The van der Waals surface area contributed by atoms with Crippen molar-refractivity contribution in [3.63, 3.8) is 0 Å². The third-order valence-electron chi connectivity index (χ3n) is 5.43. The Morgan fingerprint density at radius 2 is 1.93 bits per heavy atom. The van der Waals surface area contributed by atoms with Crippen molar-refractivity contribution in [3.05, 3.63) is 63.7 Å². The van der Waals surface area contributed by atoms with Crippen molar-refractivity contribution in [2.45, 2.75) is 32.1 Å². The van der Waals surface area contributed by atoms with E-state index in [1.165, 1.54) is 0 Å². The maximum absolute atomic E-state index is 12.8. The van der Waals surface area contributed by atoms with Gasteiger partial charge in [-0.1, -0.05) is 6.42 Å². The number of amides is 1. The number of hydrogen-bond acceptors (Lipinski definition) is 4. The Labute approximate surface area is 168 Å². The van der Waals surface area contributed by atoms with Gasteiger partial charge in [0, 0.05) is 18.3 Å². The van der Waals surface area contributed by atoms with Crippen molar-refractivity contribution < 1.29 is 9.53 Å². The minimum Gasteiger partial charge on any atom is -0.497 e. The molecule has 3 aromatic rings. The van der Waals surface area contributed by atoms with E-state index in [1.807, 2.05) is 31.3 Å². The number of pyridine rings is 1. The van der Waals surface area contributed by atoms with Crippen molar-refractivity contribution in [1.29, 1.82) is 0 Å². The molecule has 150 valence electrons. The van der Waals surface area contributed by atoms with Crippen LogP contribution in [0, 0.1) is 0 Å². The van der Waals surface area contributed by atoms with Gasteiger partial charge in [0.1, 0.15) is 11.3 Å². The van der Waals surface area contributed by atoms with Gasteiger partial charge >= 0.3 is 0 Å². The van der Waals surface area contributed by atoms with Gasteiger partial charge in [0.2, 0.25) is 5.95 Å². The van der Waals surface area contributed by atoms with E-state index in [0.717, 1.165) is 60.4 Å². The van der Waals surface area contributed by atoms with E-state index in [9.17, 15) is 9.59 Å².